The molecule has 90 valence electrons. The number of hydrogen-bond donors (Lipinski definition) is 0. The minimum absolute atomic E-state index is 0.318. The molecule has 0 amide bonds. The largest absolute Gasteiger partial charge is 0.0636 e. The van der Waals surface area contributed by atoms with Gasteiger partial charge in [0.15, 0.2) is 0 Å². The summed E-state index contributed by atoms with van der Waals surface area (Å²) in [5.41, 5.74) is -0.727. The van der Waals surface area contributed by atoms with Gasteiger partial charge in [0.2, 0.25) is 0 Å². The van der Waals surface area contributed by atoms with Crippen LogP contribution in [0.4, 0.5) is 0 Å². The Hall–Kier alpha value is -2.34. The van der Waals surface area contributed by atoms with Crippen molar-refractivity contribution in [3.05, 3.63) is 72.0 Å². The van der Waals surface area contributed by atoms with Gasteiger partial charge in [0.1, 0.15) is 0 Å². The maximum Gasteiger partial charge on any atom is 0.0636 e. The van der Waals surface area contributed by atoms with Crippen molar-refractivity contribution in [2.45, 2.75) is 6.85 Å². The van der Waals surface area contributed by atoms with Crippen LogP contribution < -0.4 is 0 Å². The number of rotatable bonds is 0. The highest BCUT2D eigenvalue weighted by Gasteiger charge is 2.03. The lowest BCUT2D eigenvalue weighted by Crippen LogP contribution is -1.82. The van der Waals surface area contributed by atoms with E-state index in [2.05, 4.69) is 0 Å². The summed E-state index contributed by atoms with van der Waals surface area (Å²) < 4.78 is 115. The van der Waals surface area contributed by atoms with Gasteiger partial charge in [-0.05, 0) is 56.8 Å². The molecule has 0 spiro atoms. The van der Waals surface area contributed by atoms with Crippen LogP contribution in [0.2, 0.25) is 0 Å². The average Bonchev–Trinajstić information content (AvgIpc) is 2.73. The predicted octanol–water partition coefficient (Wildman–Crippen LogP) is 5.45. The van der Waals surface area contributed by atoms with Crippen LogP contribution in [0.3, 0.4) is 0 Å². The molecule has 0 aliphatic carbocycles. The molecule has 0 radical (unpaired) electrons. The first-order chi connectivity index (χ1) is 15.1. The van der Waals surface area contributed by atoms with Gasteiger partial charge in [-0.1, -0.05) is 54.4 Å². The molecule has 4 aromatic rings. The number of fused-ring (bicyclic) bond motifs is 4. The monoisotopic (exact) mass is 256 g/mol. The molecule has 4 rings (SSSR count). The van der Waals surface area contributed by atoms with Gasteiger partial charge in [0.05, 0.1) is 15.1 Å². The van der Waals surface area contributed by atoms with Gasteiger partial charge in [-0.2, -0.15) is 0 Å². The Balaban J connectivity index is 2.55. The summed E-state index contributed by atoms with van der Waals surface area (Å²) in [6, 6.07) is -7.31. The molecule has 4 aromatic carbocycles. The van der Waals surface area contributed by atoms with Gasteiger partial charge in [0.25, 0.3) is 0 Å². The molecule has 0 fully saturated rings. The third-order valence-electron chi connectivity index (χ3n) is 2.88. The first-order valence-electron chi connectivity index (χ1n) is 12.5. The SMILES string of the molecule is [2H]c1c([2H])c(C([2H])([2H])[2H])c2c([2H])c3c(c([2H])c([2H])c4c([2H])c([2H])c([2H])c([2H])c43)c([2H])c2c1[2H]. The lowest BCUT2D eigenvalue weighted by molar-refractivity contribution is 1.54. The molecular weight excluding hydrogens is 228 g/mol. The smallest absolute Gasteiger partial charge is 0.0616 e. The zero-order valence-corrected chi connectivity index (χ0v) is 9.50. The van der Waals surface area contributed by atoms with Crippen molar-refractivity contribution >= 4 is 32.3 Å². The zero-order valence-electron chi connectivity index (χ0n) is 23.5. The van der Waals surface area contributed by atoms with Gasteiger partial charge in [-0.15, -0.1) is 0 Å². The van der Waals surface area contributed by atoms with Gasteiger partial charge in [-0.25, -0.2) is 0 Å². The topological polar surface area (TPSA) is 0 Å². The molecule has 0 aromatic heterocycles. The highest BCUT2D eigenvalue weighted by atomic mass is 14.1. The summed E-state index contributed by atoms with van der Waals surface area (Å²) in [5.74, 6) is 0. The van der Waals surface area contributed by atoms with Gasteiger partial charge >= 0.3 is 0 Å². The second kappa shape index (κ2) is 3.83. The molecule has 0 unspecified atom stereocenters. The van der Waals surface area contributed by atoms with E-state index >= 15 is 0 Å². The fourth-order valence-electron chi connectivity index (χ4n) is 2.00. The summed E-state index contributed by atoms with van der Waals surface area (Å²) in [6.45, 7) is -3.00. The molecule has 0 saturated carbocycles. The third-order valence-corrected chi connectivity index (χ3v) is 2.88. The van der Waals surface area contributed by atoms with E-state index in [0.717, 1.165) is 0 Å². The van der Waals surface area contributed by atoms with Gasteiger partial charge in [-0.3, -0.25) is 0 Å². The Labute approximate surface area is 132 Å². The van der Waals surface area contributed by atoms with Gasteiger partial charge < -0.3 is 0 Å². The van der Waals surface area contributed by atoms with Crippen LogP contribution in [0.25, 0.3) is 32.3 Å². The second-order valence-corrected chi connectivity index (χ2v) is 4.00. The van der Waals surface area contributed by atoms with Crippen molar-refractivity contribution in [3.63, 3.8) is 0 Å². The second-order valence-electron chi connectivity index (χ2n) is 4.00. The standard InChI is InChI=1S/C19H14/c1-13-5-4-7-15-11-16-10-9-14-6-2-3-8-17(14)19(16)12-18(13)15/h2-12H,1H3/i1D3,2D,3D,4D,5D,6D,7D,8D,9D,10D,11D,12D. The van der Waals surface area contributed by atoms with Crippen LogP contribution in [0.1, 0.15) is 24.8 Å². The predicted molar refractivity (Wildman–Crippen MR) is 83.7 cm³/mol. The van der Waals surface area contributed by atoms with Gasteiger partial charge in [0, 0.05) is 4.11 Å². The Bertz CT molecular complexity index is 1550. The van der Waals surface area contributed by atoms with Crippen LogP contribution in [0, 0.1) is 6.85 Å². The first-order valence-corrected chi connectivity index (χ1v) is 5.50. The van der Waals surface area contributed by atoms with Crippen LogP contribution in [0.5, 0.6) is 0 Å². The number of hydrogen-bond acceptors (Lipinski definition) is 0. The fraction of sp³-hybridized carbons (Fsp3) is 0.0526. The normalized spacial score (nSPS) is 22.5. The van der Waals surface area contributed by atoms with E-state index in [9.17, 15) is 0 Å². The van der Waals surface area contributed by atoms with E-state index in [0.29, 0.717) is 0 Å². The highest BCUT2D eigenvalue weighted by Crippen LogP contribution is 2.30. The van der Waals surface area contributed by atoms with Crippen molar-refractivity contribution in [2.24, 2.45) is 0 Å². The van der Waals surface area contributed by atoms with E-state index in [1.54, 1.807) is 0 Å². The Morgan fingerprint density at radius 1 is 0.684 bits per heavy atom. The van der Waals surface area contributed by atoms with Crippen molar-refractivity contribution < 1.29 is 19.2 Å². The highest BCUT2D eigenvalue weighted by molar-refractivity contribution is 6.12. The summed E-state index contributed by atoms with van der Waals surface area (Å²) in [4.78, 5) is 0. The first kappa shape index (κ1) is 3.61. The molecule has 0 atom stereocenters. The van der Waals surface area contributed by atoms with E-state index in [1.807, 2.05) is 0 Å². The van der Waals surface area contributed by atoms with E-state index in [-0.39, 0.29) is 21.5 Å². The fourth-order valence-corrected chi connectivity index (χ4v) is 2.00. The lowest BCUT2D eigenvalue weighted by Gasteiger charge is -2.08. The summed E-state index contributed by atoms with van der Waals surface area (Å²) in [6.07, 6.45) is 0. The van der Waals surface area contributed by atoms with E-state index < -0.39 is 89.7 Å². The third kappa shape index (κ3) is 1.53. The molecule has 0 aliphatic rings. The summed E-state index contributed by atoms with van der Waals surface area (Å²) >= 11 is 0. The lowest BCUT2D eigenvalue weighted by atomic mass is 9.96. The molecule has 0 bridgehead atoms. The van der Waals surface area contributed by atoms with E-state index in [1.165, 1.54) is 0 Å². The van der Waals surface area contributed by atoms with Crippen molar-refractivity contribution in [1.29, 1.82) is 0 Å². The van der Waals surface area contributed by atoms with Crippen molar-refractivity contribution in [3.8, 4) is 0 Å². The van der Waals surface area contributed by atoms with Crippen LogP contribution >= 0.6 is 0 Å². The summed E-state index contributed by atoms with van der Waals surface area (Å²) in [5, 5.41) is -2.29. The molecule has 19 heavy (non-hydrogen) atoms. The molecule has 0 N–H and O–H groups in total. The van der Waals surface area contributed by atoms with Crippen LogP contribution in [-0.2, 0) is 0 Å². The summed E-state index contributed by atoms with van der Waals surface area (Å²) in [7, 11) is 0. The molecule has 0 heterocycles. The molecule has 0 saturated heterocycles. The molecular formula is C19H14. The molecule has 0 aliphatic heterocycles. The minimum Gasteiger partial charge on any atom is -0.0616 e. The van der Waals surface area contributed by atoms with Crippen LogP contribution in [-0.4, -0.2) is 0 Å². The minimum atomic E-state index is -3.00. The molecule has 0 nitrogen and oxygen atoms in total. The quantitative estimate of drug-likeness (QED) is 0.290. The maximum atomic E-state index is 8.80. The maximum absolute atomic E-state index is 8.80. The Morgan fingerprint density at radius 3 is 2.42 bits per heavy atom. The zero-order chi connectivity index (χ0) is 24.9. The van der Waals surface area contributed by atoms with Crippen molar-refractivity contribution in [1.82, 2.24) is 0 Å². The number of benzene rings is 4. The average molecular weight is 256 g/mol. The Morgan fingerprint density at radius 2 is 1.47 bits per heavy atom. The van der Waals surface area contributed by atoms with E-state index in [4.69, 9.17) is 19.2 Å². The van der Waals surface area contributed by atoms with Crippen molar-refractivity contribution in [2.75, 3.05) is 0 Å². The number of aryl methyl sites for hydroxylation is 1. The molecule has 0 heteroatoms. The Kier molecular flexibility index (Phi) is 0.726. The van der Waals surface area contributed by atoms with Crippen LogP contribution in [0.15, 0.2) is 66.5 Å².